The number of rotatable bonds is 14. The maximum Gasteiger partial charge on any atom is 0.306 e. The first kappa shape index (κ1) is 37.1. The van der Waals surface area contributed by atoms with Crippen molar-refractivity contribution in [1.29, 1.82) is 0 Å². The molecule has 10 nitrogen and oxygen atoms in total. The Balaban J connectivity index is 2.09. The third-order valence-electron chi connectivity index (χ3n) is 7.76. The Morgan fingerprint density at radius 3 is 1.88 bits per heavy atom. The van der Waals surface area contributed by atoms with Crippen LogP contribution in [0.5, 0.6) is 0 Å². The summed E-state index contributed by atoms with van der Waals surface area (Å²) in [5, 5.41) is 29.9. The molecule has 0 fully saturated rings. The first-order valence-electron chi connectivity index (χ1n) is 15.5. The lowest BCUT2D eigenvalue weighted by Gasteiger charge is -2.27. The van der Waals surface area contributed by atoms with Crippen LogP contribution in [0, 0.1) is 11.6 Å². The monoisotopic (exact) mass is 695 g/mol. The van der Waals surface area contributed by atoms with Crippen LogP contribution in [-0.4, -0.2) is 75.1 Å². The fourth-order valence-corrected chi connectivity index (χ4v) is 6.49. The molecule has 2 unspecified atom stereocenters. The van der Waals surface area contributed by atoms with Crippen LogP contribution in [0.25, 0.3) is 28.3 Å². The van der Waals surface area contributed by atoms with Crippen LogP contribution in [0.1, 0.15) is 54.5 Å². The second-order valence-corrected chi connectivity index (χ2v) is 14.0. The van der Waals surface area contributed by atoms with E-state index in [4.69, 9.17) is 5.11 Å². The molecule has 1 aromatic heterocycles. The van der Waals surface area contributed by atoms with Crippen LogP contribution in [0.4, 0.5) is 8.78 Å². The second-order valence-electron chi connectivity index (χ2n) is 12.0. The molecular weight excluding hydrogens is 656 g/mol. The van der Waals surface area contributed by atoms with Gasteiger partial charge in [0, 0.05) is 43.4 Å². The lowest BCUT2D eigenvalue weighted by atomic mass is 9.94. The van der Waals surface area contributed by atoms with Crippen molar-refractivity contribution in [3.8, 4) is 22.3 Å². The third kappa shape index (κ3) is 8.67. The van der Waals surface area contributed by atoms with Gasteiger partial charge in [-0.15, -0.1) is 0 Å². The van der Waals surface area contributed by atoms with E-state index < -0.39 is 58.4 Å². The molecule has 0 aliphatic heterocycles. The fourth-order valence-electron chi connectivity index (χ4n) is 5.49. The highest BCUT2D eigenvalue weighted by molar-refractivity contribution is 7.87. The molecule has 0 radical (unpaired) electrons. The number of hydrogen-bond acceptors (Lipinski definition) is 6. The Morgan fingerprint density at radius 2 is 1.39 bits per heavy atom. The Kier molecular flexibility index (Phi) is 11.9. The van der Waals surface area contributed by atoms with E-state index in [9.17, 15) is 37.0 Å². The lowest BCUT2D eigenvalue weighted by molar-refractivity contribution is -0.139. The van der Waals surface area contributed by atoms with Gasteiger partial charge in [-0.3, -0.25) is 9.59 Å². The molecule has 1 heterocycles. The molecule has 0 saturated carbocycles. The van der Waals surface area contributed by atoms with E-state index in [0.29, 0.717) is 27.9 Å². The standard InChI is InChI=1S/C36H39F2N3O7S/c1-23(2)41-31(19-18-29(42)20-30(43)21-32(44)45)33(25-10-14-27(37)15-11-25)34(26-12-16-28(38)17-13-26)35(41)36(46)40(49(47,48)39(3)4)22-24-8-6-5-7-9-24/h5-19,23,29-30,42-43H,20-22H2,1-4H3,(H,44,45). The van der Waals surface area contributed by atoms with E-state index in [-0.39, 0.29) is 24.2 Å². The molecular formula is C36H39F2N3O7S. The third-order valence-corrected chi connectivity index (χ3v) is 9.54. The van der Waals surface area contributed by atoms with Crippen molar-refractivity contribution in [3.63, 3.8) is 0 Å². The van der Waals surface area contributed by atoms with Crippen molar-refractivity contribution < 1.29 is 42.1 Å². The number of carboxylic acid groups (broad SMARTS) is 1. The van der Waals surface area contributed by atoms with Gasteiger partial charge in [-0.2, -0.15) is 12.7 Å². The van der Waals surface area contributed by atoms with Gasteiger partial charge in [0.15, 0.2) is 0 Å². The number of nitrogens with zero attached hydrogens (tertiary/aromatic N) is 3. The molecule has 49 heavy (non-hydrogen) atoms. The number of aliphatic hydroxyl groups is 2. The summed E-state index contributed by atoms with van der Waals surface area (Å²) in [5.41, 5.74) is 2.17. The molecule has 260 valence electrons. The van der Waals surface area contributed by atoms with Gasteiger partial charge in [-0.1, -0.05) is 60.7 Å². The topological polar surface area (TPSA) is 140 Å². The van der Waals surface area contributed by atoms with E-state index in [1.165, 1.54) is 74.8 Å². The van der Waals surface area contributed by atoms with Crippen LogP contribution >= 0.6 is 0 Å². The van der Waals surface area contributed by atoms with Gasteiger partial charge in [-0.05, 0) is 60.9 Å². The van der Waals surface area contributed by atoms with E-state index >= 15 is 0 Å². The molecule has 4 rings (SSSR count). The van der Waals surface area contributed by atoms with E-state index in [0.717, 1.165) is 8.61 Å². The Morgan fingerprint density at radius 1 is 0.857 bits per heavy atom. The zero-order valence-corrected chi connectivity index (χ0v) is 28.3. The van der Waals surface area contributed by atoms with Gasteiger partial charge in [0.25, 0.3) is 5.91 Å². The van der Waals surface area contributed by atoms with Gasteiger partial charge >= 0.3 is 16.2 Å². The highest BCUT2D eigenvalue weighted by Crippen LogP contribution is 2.43. The van der Waals surface area contributed by atoms with Crippen molar-refractivity contribution in [1.82, 2.24) is 13.2 Å². The Bertz CT molecular complexity index is 1910. The fraction of sp³-hybridized carbons (Fsp3) is 0.278. The number of aliphatic carboxylic acids is 1. The number of carbonyl (C=O) groups excluding carboxylic acids is 1. The highest BCUT2D eigenvalue weighted by atomic mass is 32.2. The van der Waals surface area contributed by atoms with E-state index in [1.807, 2.05) is 0 Å². The van der Waals surface area contributed by atoms with Crippen LogP contribution in [0.15, 0.2) is 84.9 Å². The number of halogens is 2. The van der Waals surface area contributed by atoms with Crippen LogP contribution in [-0.2, 0) is 21.5 Å². The molecule has 13 heteroatoms. The zero-order valence-electron chi connectivity index (χ0n) is 27.5. The molecule has 0 spiro atoms. The number of benzene rings is 3. The average molecular weight is 696 g/mol. The predicted octanol–water partition coefficient (Wildman–Crippen LogP) is 5.73. The molecule has 4 aromatic rings. The zero-order chi connectivity index (χ0) is 36.0. The number of aliphatic hydroxyl groups excluding tert-OH is 2. The maximum atomic E-state index is 14.9. The molecule has 3 N–H and O–H groups in total. The first-order chi connectivity index (χ1) is 23.1. The summed E-state index contributed by atoms with van der Waals surface area (Å²) in [6.45, 7) is 3.22. The molecule has 0 aliphatic rings. The van der Waals surface area contributed by atoms with Crippen molar-refractivity contribution in [3.05, 3.63) is 114 Å². The summed E-state index contributed by atoms with van der Waals surface area (Å²) in [6, 6.07) is 18.8. The smallest absolute Gasteiger partial charge is 0.306 e. The molecule has 3 aromatic carbocycles. The predicted molar refractivity (Wildman–Crippen MR) is 182 cm³/mol. The van der Waals surface area contributed by atoms with Crippen molar-refractivity contribution in [2.24, 2.45) is 0 Å². The van der Waals surface area contributed by atoms with Crippen molar-refractivity contribution >= 4 is 28.2 Å². The molecule has 1 amide bonds. The van der Waals surface area contributed by atoms with Crippen LogP contribution in [0.2, 0.25) is 0 Å². The molecule has 2 atom stereocenters. The van der Waals surface area contributed by atoms with Gasteiger partial charge in [-0.25, -0.2) is 13.1 Å². The number of amides is 1. The minimum atomic E-state index is -4.40. The lowest BCUT2D eigenvalue weighted by Crippen LogP contribution is -2.44. The summed E-state index contributed by atoms with van der Waals surface area (Å²) in [5.74, 6) is -3.22. The minimum absolute atomic E-state index is 0.0673. The number of carbonyl (C=O) groups is 2. The highest BCUT2D eigenvalue weighted by Gasteiger charge is 2.37. The molecule has 0 saturated heterocycles. The van der Waals surface area contributed by atoms with Gasteiger partial charge in [0.2, 0.25) is 0 Å². The van der Waals surface area contributed by atoms with Crippen LogP contribution in [0.3, 0.4) is 0 Å². The minimum Gasteiger partial charge on any atom is -0.481 e. The number of aromatic nitrogens is 1. The van der Waals surface area contributed by atoms with Gasteiger partial charge in [0.05, 0.1) is 25.2 Å². The summed E-state index contributed by atoms with van der Waals surface area (Å²) in [6.07, 6.45) is -0.738. The SMILES string of the molecule is CC(C)n1c(C=CC(O)CC(O)CC(=O)O)c(-c2ccc(F)cc2)c(-c2ccc(F)cc2)c1C(=O)N(Cc1ccccc1)S(=O)(=O)N(C)C. The average Bonchev–Trinajstić information content (AvgIpc) is 3.38. The van der Waals surface area contributed by atoms with Crippen molar-refractivity contribution in [2.45, 2.75) is 51.5 Å². The first-order valence-corrected chi connectivity index (χ1v) is 16.9. The van der Waals surface area contributed by atoms with E-state index in [1.54, 1.807) is 48.7 Å². The second kappa shape index (κ2) is 15.7. The Labute approximate surface area is 284 Å². The largest absolute Gasteiger partial charge is 0.481 e. The summed E-state index contributed by atoms with van der Waals surface area (Å²) in [7, 11) is -1.78. The summed E-state index contributed by atoms with van der Waals surface area (Å²) < 4.78 is 59.4. The van der Waals surface area contributed by atoms with Crippen molar-refractivity contribution in [2.75, 3.05) is 14.1 Å². The summed E-state index contributed by atoms with van der Waals surface area (Å²) in [4.78, 5) is 26.0. The normalized spacial score (nSPS) is 13.3. The maximum absolute atomic E-state index is 14.9. The number of hydrogen-bond donors (Lipinski definition) is 3. The Hall–Kier alpha value is -4.69. The molecule has 0 aliphatic carbocycles. The summed E-state index contributed by atoms with van der Waals surface area (Å²) >= 11 is 0. The molecule has 0 bridgehead atoms. The number of carboxylic acids is 1. The van der Waals surface area contributed by atoms with Gasteiger partial charge < -0.3 is 19.9 Å². The quantitative estimate of drug-likeness (QED) is 0.153. The van der Waals surface area contributed by atoms with Crippen LogP contribution < -0.4 is 0 Å². The van der Waals surface area contributed by atoms with E-state index in [2.05, 4.69) is 0 Å². The van der Waals surface area contributed by atoms with Gasteiger partial charge in [0.1, 0.15) is 17.3 Å².